The van der Waals surface area contributed by atoms with Gasteiger partial charge in [-0.2, -0.15) is 18.3 Å². The van der Waals surface area contributed by atoms with Crippen molar-refractivity contribution in [2.75, 3.05) is 20.1 Å². The summed E-state index contributed by atoms with van der Waals surface area (Å²) in [5.74, 6) is -1.50. The zero-order valence-electron chi connectivity index (χ0n) is 22.0. The number of alkyl halides is 3. The molecule has 12 heteroatoms. The van der Waals surface area contributed by atoms with Crippen LogP contribution in [0.15, 0.2) is 61.1 Å². The number of carbonyl (C=O) groups excluding carboxylic acids is 3. The summed E-state index contributed by atoms with van der Waals surface area (Å²) < 4.78 is 41.6. The standard InChI is InChI=1S/C28H31F3N6O3/c1-36(17-19-6-5-13-32-16-19)27(40)21-11-9-20(10-12-21)25(38)33-14-15-34-26(39)23-18-37(22-7-3-2-4-8-22)35-24(23)28(29,30)31/h2-8,13,16,18,20-21H,9-12,14-15,17H2,1H3,(H,33,38)(H,34,39). The second-order valence-electron chi connectivity index (χ2n) is 9.82. The third-order valence-electron chi connectivity index (χ3n) is 6.92. The summed E-state index contributed by atoms with van der Waals surface area (Å²) in [6.45, 7) is 0.479. The lowest BCUT2D eigenvalue weighted by Crippen LogP contribution is -2.40. The molecular formula is C28H31F3N6O3. The lowest BCUT2D eigenvalue weighted by Gasteiger charge is -2.30. The van der Waals surface area contributed by atoms with E-state index in [2.05, 4.69) is 20.7 Å². The van der Waals surface area contributed by atoms with Crippen LogP contribution in [0.3, 0.4) is 0 Å². The molecule has 40 heavy (non-hydrogen) atoms. The smallest absolute Gasteiger partial charge is 0.354 e. The molecule has 0 spiro atoms. The summed E-state index contributed by atoms with van der Waals surface area (Å²) >= 11 is 0. The Kier molecular flexibility index (Phi) is 9.18. The molecule has 0 saturated heterocycles. The molecule has 2 heterocycles. The van der Waals surface area contributed by atoms with Crippen LogP contribution < -0.4 is 10.6 Å². The van der Waals surface area contributed by atoms with Crippen molar-refractivity contribution >= 4 is 17.7 Å². The fraction of sp³-hybridized carbons (Fsp3) is 0.393. The van der Waals surface area contributed by atoms with E-state index in [-0.39, 0.29) is 36.7 Å². The highest BCUT2D eigenvalue weighted by molar-refractivity contribution is 5.95. The number of para-hydroxylation sites is 1. The molecule has 4 rings (SSSR count). The Hall–Kier alpha value is -4.22. The van der Waals surface area contributed by atoms with Crippen LogP contribution in [0.4, 0.5) is 13.2 Å². The van der Waals surface area contributed by atoms with Crippen molar-refractivity contribution in [2.24, 2.45) is 11.8 Å². The summed E-state index contributed by atoms with van der Waals surface area (Å²) in [6, 6.07) is 11.9. The highest BCUT2D eigenvalue weighted by Crippen LogP contribution is 2.32. The van der Waals surface area contributed by atoms with Crippen molar-refractivity contribution in [1.82, 2.24) is 30.3 Å². The summed E-state index contributed by atoms with van der Waals surface area (Å²) in [4.78, 5) is 43.8. The maximum Gasteiger partial charge on any atom is 0.435 e. The number of rotatable bonds is 9. The third-order valence-corrected chi connectivity index (χ3v) is 6.92. The molecule has 0 unspecified atom stereocenters. The fourth-order valence-corrected chi connectivity index (χ4v) is 4.82. The van der Waals surface area contributed by atoms with Crippen LogP contribution in [0.25, 0.3) is 5.69 Å². The van der Waals surface area contributed by atoms with Crippen LogP contribution in [0, 0.1) is 11.8 Å². The third kappa shape index (κ3) is 7.25. The number of nitrogens with zero attached hydrogens (tertiary/aromatic N) is 4. The average Bonchev–Trinajstić information content (AvgIpc) is 3.43. The minimum absolute atomic E-state index is 0.0410. The van der Waals surface area contributed by atoms with Gasteiger partial charge >= 0.3 is 6.18 Å². The van der Waals surface area contributed by atoms with Gasteiger partial charge in [-0.3, -0.25) is 19.4 Å². The van der Waals surface area contributed by atoms with Crippen LogP contribution in [-0.2, 0) is 22.3 Å². The van der Waals surface area contributed by atoms with Crippen molar-refractivity contribution in [1.29, 1.82) is 0 Å². The Labute approximate surface area is 229 Å². The number of aromatic nitrogens is 3. The maximum atomic E-state index is 13.5. The number of benzene rings is 1. The first kappa shape index (κ1) is 28.8. The largest absolute Gasteiger partial charge is 0.435 e. The zero-order chi connectivity index (χ0) is 28.7. The number of pyridine rings is 1. The first-order valence-electron chi connectivity index (χ1n) is 13.1. The molecule has 2 N–H and O–H groups in total. The molecule has 0 aliphatic heterocycles. The molecule has 3 aromatic rings. The van der Waals surface area contributed by atoms with Crippen molar-refractivity contribution in [3.63, 3.8) is 0 Å². The normalized spacial score (nSPS) is 17.2. The molecule has 1 aliphatic carbocycles. The lowest BCUT2D eigenvalue weighted by molar-refractivity contribution is -0.141. The van der Waals surface area contributed by atoms with Gasteiger partial charge in [0.25, 0.3) is 5.91 Å². The molecule has 212 valence electrons. The maximum absolute atomic E-state index is 13.5. The lowest BCUT2D eigenvalue weighted by atomic mass is 9.81. The molecule has 1 aliphatic rings. The SMILES string of the molecule is CN(Cc1cccnc1)C(=O)C1CCC(C(=O)NCCNC(=O)c2cn(-c3ccccc3)nc2C(F)(F)F)CC1. The first-order valence-corrected chi connectivity index (χ1v) is 13.1. The van der Waals surface area contributed by atoms with Crippen molar-refractivity contribution in [3.8, 4) is 5.69 Å². The van der Waals surface area contributed by atoms with Gasteiger partial charge in [0.15, 0.2) is 5.69 Å². The number of carbonyl (C=O) groups is 3. The summed E-state index contributed by atoms with van der Waals surface area (Å²) in [5.41, 5.74) is -0.552. The summed E-state index contributed by atoms with van der Waals surface area (Å²) in [5, 5.41) is 8.73. The van der Waals surface area contributed by atoms with E-state index in [0.29, 0.717) is 37.9 Å². The van der Waals surface area contributed by atoms with E-state index < -0.39 is 23.3 Å². The number of hydrogen-bond donors (Lipinski definition) is 2. The first-order chi connectivity index (χ1) is 19.1. The van der Waals surface area contributed by atoms with E-state index >= 15 is 0 Å². The minimum Gasteiger partial charge on any atom is -0.354 e. The van der Waals surface area contributed by atoms with E-state index in [9.17, 15) is 27.6 Å². The van der Waals surface area contributed by atoms with Gasteiger partial charge in [0, 0.05) is 57.1 Å². The topological polar surface area (TPSA) is 109 Å². The molecule has 2 aromatic heterocycles. The number of nitrogens with one attached hydrogen (secondary N) is 2. The number of halogens is 3. The predicted octanol–water partition coefficient (Wildman–Crippen LogP) is 3.60. The van der Waals surface area contributed by atoms with Crippen LogP contribution in [0.5, 0.6) is 0 Å². The Bertz CT molecular complexity index is 1310. The molecule has 3 amide bonds. The van der Waals surface area contributed by atoms with Gasteiger partial charge in [0.1, 0.15) is 0 Å². The molecule has 9 nitrogen and oxygen atoms in total. The van der Waals surface area contributed by atoms with Crippen LogP contribution in [-0.4, -0.2) is 57.5 Å². The molecular weight excluding hydrogens is 525 g/mol. The van der Waals surface area contributed by atoms with E-state index in [1.165, 1.54) is 0 Å². The monoisotopic (exact) mass is 556 g/mol. The highest BCUT2D eigenvalue weighted by Gasteiger charge is 2.39. The average molecular weight is 557 g/mol. The zero-order valence-corrected chi connectivity index (χ0v) is 22.0. The van der Waals surface area contributed by atoms with Crippen molar-refractivity contribution < 1.29 is 27.6 Å². The second-order valence-corrected chi connectivity index (χ2v) is 9.82. The van der Waals surface area contributed by atoms with Gasteiger partial charge in [-0.25, -0.2) is 4.68 Å². The molecule has 0 radical (unpaired) electrons. The summed E-state index contributed by atoms with van der Waals surface area (Å²) in [7, 11) is 1.76. The molecule has 0 bridgehead atoms. The van der Waals surface area contributed by atoms with E-state index in [4.69, 9.17) is 0 Å². The van der Waals surface area contributed by atoms with Crippen molar-refractivity contribution in [3.05, 3.63) is 77.9 Å². The van der Waals surface area contributed by atoms with Crippen LogP contribution >= 0.6 is 0 Å². The van der Waals surface area contributed by atoms with Gasteiger partial charge in [0.05, 0.1) is 11.3 Å². The van der Waals surface area contributed by atoms with Gasteiger partial charge in [-0.1, -0.05) is 24.3 Å². The quantitative estimate of drug-likeness (QED) is 0.392. The second kappa shape index (κ2) is 12.8. The highest BCUT2D eigenvalue weighted by atomic mass is 19.4. The minimum atomic E-state index is -4.81. The fourth-order valence-electron chi connectivity index (χ4n) is 4.82. The molecule has 1 aromatic carbocycles. The van der Waals surface area contributed by atoms with Gasteiger partial charge in [-0.05, 0) is 49.4 Å². The number of hydrogen-bond acceptors (Lipinski definition) is 5. The van der Waals surface area contributed by atoms with Gasteiger partial charge in [0.2, 0.25) is 11.8 Å². The van der Waals surface area contributed by atoms with Crippen LogP contribution in [0.2, 0.25) is 0 Å². The van der Waals surface area contributed by atoms with E-state index in [1.807, 2.05) is 12.1 Å². The Morgan fingerprint density at radius 2 is 1.65 bits per heavy atom. The Morgan fingerprint density at radius 1 is 0.975 bits per heavy atom. The Balaban J connectivity index is 1.22. The van der Waals surface area contributed by atoms with Crippen LogP contribution in [0.1, 0.15) is 47.3 Å². The molecule has 1 saturated carbocycles. The van der Waals surface area contributed by atoms with E-state index in [1.54, 1.807) is 54.7 Å². The molecule has 0 atom stereocenters. The summed E-state index contributed by atoms with van der Waals surface area (Å²) in [6.07, 6.45) is 1.94. The number of amides is 3. The Morgan fingerprint density at radius 3 is 2.30 bits per heavy atom. The van der Waals surface area contributed by atoms with Gasteiger partial charge < -0.3 is 15.5 Å². The van der Waals surface area contributed by atoms with Crippen molar-refractivity contribution in [2.45, 2.75) is 38.4 Å². The predicted molar refractivity (Wildman–Crippen MR) is 140 cm³/mol. The van der Waals surface area contributed by atoms with E-state index in [0.717, 1.165) is 16.4 Å². The van der Waals surface area contributed by atoms with Gasteiger partial charge in [-0.15, -0.1) is 0 Å². The molecule has 1 fully saturated rings.